The van der Waals surface area contributed by atoms with Gasteiger partial charge in [-0.05, 0) is 19.1 Å². The summed E-state index contributed by atoms with van der Waals surface area (Å²) in [4.78, 5) is 0.298. The van der Waals surface area contributed by atoms with Gasteiger partial charge in [-0.1, -0.05) is 36.8 Å². The molecule has 0 saturated carbocycles. The summed E-state index contributed by atoms with van der Waals surface area (Å²) in [7, 11) is -3.61. The van der Waals surface area contributed by atoms with E-state index < -0.39 is 10.0 Å². The second-order valence-electron chi connectivity index (χ2n) is 4.94. The predicted octanol–water partition coefficient (Wildman–Crippen LogP) is 2.49. The molecule has 0 aromatic heterocycles. The molecule has 0 spiro atoms. The lowest BCUT2D eigenvalue weighted by atomic mass is 10.2. The number of hydrogen-bond acceptors (Lipinski definition) is 4. The molecule has 1 heterocycles. The Morgan fingerprint density at radius 1 is 1.48 bits per heavy atom. The standard InChI is InChI=1S/C13H17ClN2O2S3/c1-8-9(2)20-6-5-16(8)21(17,18)12-4-3-10(13(15)19)7-11(12)14/h3-4,7-9H,5-6H2,1-2H3,(H2,15,19). The van der Waals surface area contributed by atoms with Gasteiger partial charge in [-0.3, -0.25) is 0 Å². The molecule has 21 heavy (non-hydrogen) atoms. The molecule has 2 atom stereocenters. The summed E-state index contributed by atoms with van der Waals surface area (Å²) in [6.07, 6.45) is 0. The summed E-state index contributed by atoms with van der Waals surface area (Å²) in [5, 5.41) is 0.404. The van der Waals surface area contributed by atoms with Gasteiger partial charge in [0.2, 0.25) is 10.0 Å². The van der Waals surface area contributed by atoms with Crippen LogP contribution in [0.15, 0.2) is 23.1 Å². The van der Waals surface area contributed by atoms with Crippen molar-refractivity contribution in [2.24, 2.45) is 5.73 Å². The van der Waals surface area contributed by atoms with Gasteiger partial charge in [-0.2, -0.15) is 16.1 Å². The maximum atomic E-state index is 12.8. The summed E-state index contributed by atoms with van der Waals surface area (Å²) in [5.41, 5.74) is 6.09. The molecule has 0 radical (unpaired) electrons. The van der Waals surface area contributed by atoms with Crippen LogP contribution < -0.4 is 5.73 Å². The minimum atomic E-state index is -3.61. The fourth-order valence-corrected chi connectivity index (χ4v) is 5.88. The quantitative estimate of drug-likeness (QED) is 0.835. The Bertz CT molecular complexity index is 663. The van der Waals surface area contributed by atoms with Crippen molar-refractivity contribution in [3.05, 3.63) is 28.8 Å². The molecule has 1 aliphatic rings. The largest absolute Gasteiger partial charge is 0.389 e. The Labute approximate surface area is 140 Å². The van der Waals surface area contributed by atoms with Crippen LogP contribution in [0.4, 0.5) is 0 Å². The molecule has 2 rings (SSSR count). The first kappa shape index (κ1) is 17.0. The van der Waals surface area contributed by atoms with Crippen molar-refractivity contribution in [3.63, 3.8) is 0 Å². The fourth-order valence-electron chi connectivity index (χ4n) is 2.23. The van der Waals surface area contributed by atoms with E-state index in [0.717, 1.165) is 5.75 Å². The van der Waals surface area contributed by atoms with E-state index in [9.17, 15) is 8.42 Å². The minimum absolute atomic E-state index is 0.0694. The molecule has 0 aliphatic carbocycles. The van der Waals surface area contributed by atoms with Gasteiger partial charge in [0.15, 0.2) is 0 Å². The molecule has 0 amide bonds. The third kappa shape index (κ3) is 3.37. The highest BCUT2D eigenvalue weighted by molar-refractivity contribution is 8.00. The maximum absolute atomic E-state index is 12.8. The molecule has 1 aromatic rings. The van der Waals surface area contributed by atoms with Gasteiger partial charge < -0.3 is 5.73 Å². The summed E-state index contributed by atoms with van der Waals surface area (Å²) in [6, 6.07) is 4.50. The van der Waals surface area contributed by atoms with Crippen LogP contribution in [0.25, 0.3) is 0 Å². The summed E-state index contributed by atoms with van der Waals surface area (Å²) in [5.74, 6) is 0.785. The first-order valence-electron chi connectivity index (χ1n) is 6.48. The molecule has 1 fully saturated rings. The second-order valence-corrected chi connectivity index (χ2v) is 9.13. The van der Waals surface area contributed by atoms with Crippen molar-refractivity contribution in [1.29, 1.82) is 0 Å². The number of benzene rings is 1. The van der Waals surface area contributed by atoms with Gasteiger partial charge in [-0.15, -0.1) is 0 Å². The van der Waals surface area contributed by atoms with Crippen LogP contribution in [0.5, 0.6) is 0 Å². The monoisotopic (exact) mass is 364 g/mol. The lowest BCUT2D eigenvalue weighted by molar-refractivity contribution is 0.340. The Morgan fingerprint density at radius 3 is 2.71 bits per heavy atom. The van der Waals surface area contributed by atoms with Crippen molar-refractivity contribution in [2.75, 3.05) is 12.3 Å². The number of rotatable bonds is 3. The molecule has 1 saturated heterocycles. The highest BCUT2D eigenvalue weighted by Crippen LogP contribution is 2.32. The van der Waals surface area contributed by atoms with E-state index in [1.54, 1.807) is 17.8 Å². The van der Waals surface area contributed by atoms with Gasteiger partial charge >= 0.3 is 0 Å². The van der Waals surface area contributed by atoms with E-state index in [1.165, 1.54) is 16.4 Å². The topological polar surface area (TPSA) is 63.4 Å². The van der Waals surface area contributed by atoms with Crippen LogP contribution in [0, 0.1) is 0 Å². The highest BCUT2D eigenvalue weighted by atomic mass is 35.5. The SMILES string of the molecule is CC1SCCN(S(=O)(=O)c2ccc(C(N)=S)cc2Cl)C1C. The van der Waals surface area contributed by atoms with Crippen LogP contribution in [0.2, 0.25) is 5.02 Å². The Hall–Kier alpha value is -0.340. The molecule has 1 aliphatic heterocycles. The Balaban J connectivity index is 2.42. The minimum Gasteiger partial charge on any atom is -0.389 e. The zero-order valence-corrected chi connectivity index (χ0v) is 15.0. The van der Waals surface area contributed by atoms with E-state index in [1.807, 2.05) is 13.8 Å². The van der Waals surface area contributed by atoms with Gasteiger partial charge in [0, 0.05) is 29.2 Å². The number of nitrogens with zero attached hydrogens (tertiary/aromatic N) is 1. The third-order valence-corrected chi connectivity index (χ3v) is 7.67. The lowest BCUT2D eigenvalue weighted by Gasteiger charge is -2.36. The van der Waals surface area contributed by atoms with Crippen molar-refractivity contribution >= 4 is 50.6 Å². The Morgan fingerprint density at radius 2 is 2.14 bits per heavy atom. The molecule has 4 nitrogen and oxygen atoms in total. The van der Waals surface area contributed by atoms with Crippen LogP contribution in [-0.4, -0.2) is 41.3 Å². The first-order valence-corrected chi connectivity index (χ1v) is 9.75. The average molecular weight is 365 g/mol. The zero-order valence-electron chi connectivity index (χ0n) is 11.7. The van der Waals surface area contributed by atoms with Gasteiger partial charge in [0.25, 0.3) is 0 Å². The number of hydrogen-bond donors (Lipinski definition) is 1. The third-order valence-electron chi connectivity index (χ3n) is 3.63. The summed E-state index contributed by atoms with van der Waals surface area (Å²) < 4.78 is 27.2. The van der Waals surface area contributed by atoms with Gasteiger partial charge in [0.1, 0.15) is 9.88 Å². The van der Waals surface area contributed by atoms with E-state index in [0.29, 0.717) is 12.1 Å². The van der Waals surface area contributed by atoms with Crippen LogP contribution in [-0.2, 0) is 10.0 Å². The lowest BCUT2D eigenvalue weighted by Crippen LogP contribution is -2.47. The number of halogens is 1. The predicted molar refractivity (Wildman–Crippen MR) is 92.6 cm³/mol. The smallest absolute Gasteiger partial charge is 0.244 e. The van der Waals surface area contributed by atoms with Crippen molar-refractivity contribution in [2.45, 2.75) is 30.0 Å². The van der Waals surface area contributed by atoms with Crippen LogP contribution in [0.1, 0.15) is 19.4 Å². The number of sulfonamides is 1. The zero-order chi connectivity index (χ0) is 15.8. The summed E-state index contributed by atoms with van der Waals surface area (Å²) >= 11 is 12.8. The highest BCUT2D eigenvalue weighted by Gasteiger charge is 2.35. The van der Waals surface area contributed by atoms with E-state index in [2.05, 4.69) is 0 Å². The molecule has 1 aromatic carbocycles. The van der Waals surface area contributed by atoms with Crippen LogP contribution in [0.3, 0.4) is 0 Å². The molecule has 0 bridgehead atoms. The van der Waals surface area contributed by atoms with Crippen molar-refractivity contribution in [1.82, 2.24) is 4.31 Å². The number of thiocarbonyl (C=S) groups is 1. The normalized spacial score (nSPS) is 24.0. The maximum Gasteiger partial charge on any atom is 0.244 e. The molecular formula is C13H17ClN2O2S3. The Kier molecular flexibility index (Phi) is 5.20. The van der Waals surface area contributed by atoms with E-state index in [-0.39, 0.29) is 26.2 Å². The summed E-state index contributed by atoms with van der Waals surface area (Å²) in [6.45, 7) is 4.45. The number of nitrogens with two attached hydrogens (primary N) is 1. The van der Waals surface area contributed by atoms with Crippen molar-refractivity contribution < 1.29 is 8.42 Å². The molecule has 2 N–H and O–H groups in total. The molecule has 116 valence electrons. The van der Waals surface area contributed by atoms with Gasteiger partial charge in [0.05, 0.1) is 5.02 Å². The average Bonchev–Trinajstić information content (AvgIpc) is 2.41. The number of thioether (sulfide) groups is 1. The fraction of sp³-hybridized carbons (Fsp3) is 0.462. The van der Waals surface area contributed by atoms with E-state index in [4.69, 9.17) is 29.6 Å². The molecular weight excluding hydrogens is 348 g/mol. The van der Waals surface area contributed by atoms with Gasteiger partial charge in [-0.25, -0.2) is 8.42 Å². The van der Waals surface area contributed by atoms with E-state index >= 15 is 0 Å². The van der Waals surface area contributed by atoms with Crippen molar-refractivity contribution in [3.8, 4) is 0 Å². The molecule has 8 heteroatoms. The van der Waals surface area contributed by atoms with Crippen LogP contribution >= 0.6 is 35.6 Å². The molecule has 2 unspecified atom stereocenters. The first-order chi connectivity index (χ1) is 9.75. The second kappa shape index (κ2) is 6.42.